The lowest BCUT2D eigenvalue weighted by Gasteiger charge is -2.13. The topological polar surface area (TPSA) is 97.0 Å². The van der Waals surface area contributed by atoms with Gasteiger partial charge >= 0.3 is 0 Å². The Hall–Kier alpha value is -3.28. The number of nitrogens with two attached hydrogens (primary N) is 1. The zero-order chi connectivity index (χ0) is 16.9. The fourth-order valence-corrected chi connectivity index (χ4v) is 2.64. The fraction of sp³-hybridized carbons (Fsp3) is 0.111. The van der Waals surface area contributed by atoms with Gasteiger partial charge in [0.25, 0.3) is 0 Å². The van der Waals surface area contributed by atoms with Gasteiger partial charge in [0.05, 0.1) is 6.26 Å². The molecule has 0 aliphatic heterocycles. The first-order valence-corrected chi connectivity index (χ1v) is 7.53. The molecule has 2 aromatic heterocycles. The van der Waals surface area contributed by atoms with Crippen LogP contribution in [0.1, 0.15) is 11.5 Å². The Balaban J connectivity index is 1.95. The predicted octanol–water partition coefficient (Wildman–Crippen LogP) is 2.35. The smallest absolute Gasteiger partial charge is 0.246 e. The summed E-state index contributed by atoms with van der Waals surface area (Å²) < 4.78 is 7.32. The molecule has 6 nitrogen and oxygen atoms in total. The molecular formula is C18H18N4O2. The third-order valence-corrected chi connectivity index (χ3v) is 3.65. The van der Waals surface area contributed by atoms with Gasteiger partial charge in [0.2, 0.25) is 5.91 Å². The second-order valence-electron chi connectivity index (χ2n) is 5.38. The van der Waals surface area contributed by atoms with Crippen molar-refractivity contribution in [1.29, 1.82) is 5.41 Å². The summed E-state index contributed by atoms with van der Waals surface area (Å²) in [5, 5.41) is 9.53. The first kappa shape index (κ1) is 15.6. The SMILES string of the molecule is N=C(N)NC(=O)Cn1c(Cc2ccco2)ccc1-c1ccccc1. The number of guanidine groups is 1. The number of aromatic nitrogens is 1. The van der Waals surface area contributed by atoms with E-state index >= 15 is 0 Å². The second kappa shape index (κ2) is 6.87. The van der Waals surface area contributed by atoms with E-state index < -0.39 is 0 Å². The molecular weight excluding hydrogens is 304 g/mol. The van der Waals surface area contributed by atoms with E-state index in [0.717, 1.165) is 22.7 Å². The molecule has 0 bridgehead atoms. The molecule has 3 rings (SSSR count). The number of amides is 1. The van der Waals surface area contributed by atoms with E-state index in [1.165, 1.54) is 0 Å². The molecule has 0 saturated carbocycles. The van der Waals surface area contributed by atoms with Crippen LogP contribution in [-0.4, -0.2) is 16.4 Å². The number of carbonyl (C=O) groups excluding carboxylic acids is 1. The Kier molecular flexibility index (Phi) is 4.47. The fourth-order valence-electron chi connectivity index (χ4n) is 2.64. The quantitative estimate of drug-likeness (QED) is 0.497. The van der Waals surface area contributed by atoms with E-state index in [1.807, 2.05) is 59.2 Å². The van der Waals surface area contributed by atoms with Gasteiger partial charge in [-0.25, -0.2) is 0 Å². The van der Waals surface area contributed by atoms with Crippen molar-refractivity contribution in [2.45, 2.75) is 13.0 Å². The lowest BCUT2D eigenvalue weighted by molar-refractivity contribution is -0.120. The summed E-state index contributed by atoms with van der Waals surface area (Å²) in [5.41, 5.74) is 8.13. The van der Waals surface area contributed by atoms with E-state index in [-0.39, 0.29) is 18.4 Å². The molecule has 0 radical (unpaired) electrons. The summed E-state index contributed by atoms with van der Waals surface area (Å²) >= 11 is 0. The van der Waals surface area contributed by atoms with Crippen molar-refractivity contribution in [3.8, 4) is 11.3 Å². The maximum Gasteiger partial charge on any atom is 0.246 e. The summed E-state index contributed by atoms with van der Waals surface area (Å²) in [6, 6.07) is 17.5. The lowest BCUT2D eigenvalue weighted by atomic mass is 10.1. The highest BCUT2D eigenvalue weighted by molar-refractivity contribution is 5.94. The van der Waals surface area contributed by atoms with Crippen LogP contribution in [0.25, 0.3) is 11.3 Å². The number of furan rings is 1. The average molecular weight is 322 g/mol. The van der Waals surface area contributed by atoms with Crippen molar-refractivity contribution >= 4 is 11.9 Å². The molecule has 6 heteroatoms. The molecule has 0 atom stereocenters. The number of hydrogen-bond donors (Lipinski definition) is 3. The van der Waals surface area contributed by atoms with Gasteiger partial charge in [-0.15, -0.1) is 0 Å². The summed E-state index contributed by atoms with van der Waals surface area (Å²) in [7, 11) is 0. The maximum absolute atomic E-state index is 12.1. The van der Waals surface area contributed by atoms with E-state index in [1.54, 1.807) is 6.26 Å². The number of carbonyl (C=O) groups is 1. The zero-order valence-electron chi connectivity index (χ0n) is 13.0. The van der Waals surface area contributed by atoms with Gasteiger partial charge in [-0.3, -0.25) is 15.5 Å². The van der Waals surface area contributed by atoms with Crippen LogP contribution in [0, 0.1) is 5.41 Å². The normalized spacial score (nSPS) is 10.5. The summed E-state index contributed by atoms with van der Waals surface area (Å²) in [6.07, 6.45) is 2.20. The molecule has 0 aliphatic carbocycles. The van der Waals surface area contributed by atoms with Crippen LogP contribution in [0.3, 0.4) is 0 Å². The van der Waals surface area contributed by atoms with Crippen LogP contribution in [0.4, 0.5) is 0 Å². The molecule has 0 aliphatic rings. The summed E-state index contributed by atoms with van der Waals surface area (Å²) in [5.74, 6) is 0.124. The first-order chi connectivity index (χ1) is 11.6. The third-order valence-electron chi connectivity index (χ3n) is 3.65. The monoisotopic (exact) mass is 322 g/mol. The molecule has 3 aromatic rings. The largest absolute Gasteiger partial charge is 0.469 e. The van der Waals surface area contributed by atoms with Gasteiger partial charge in [0.1, 0.15) is 12.3 Å². The van der Waals surface area contributed by atoms with Crippen molar-refractivity contribution in [2.24, 2.45) is 5.73 Å². The Labute approximate surface area is 139 Å². The minimum Gasteiger partial charge on any atom is -0.469 e. The van der Waals surface area contributed by atoms with Gasteiger partial charge in [-0.2, -0.15) is 0 Å². The number of rotatable bonds is 5. The Morgan fingerprint density at radius 2 is 1.92 bits per heavy atom. The van der Waals surface area contributed by atoms with E-state index in [9.17, 15) is 4.79 Å². The standard InChI is InChI=1S/C18H18N4O2/c19-18(20)21-17(23)12-22-14(11-15-7-4-10-24-15)8-9-16(22)13-5-2-1-3-6-13/h1-10H,11-12H2,(H4,19,20,21,23). The van der Waals surface area contributed by atoms with Gasteiger partial charge < -0.3 is 14.7 Å². The van der Waals surface area contributed by atoms with Crippen LogP contribution >= 0.6 is 0 Å². The number of nitrogens with zero attached hydrogens (tertiary/aromatic N) is 1. The minimum atomic E-state index is -0.360. The highest BCUT2D eigenvalue weighted by atomic mass is 16.3. The van der Waals surface area contributed by atoms with Crippen LogP contribution in [0.2, 0.25) is 0 Å². The third kappa shape index (κ3) is 3.55. The van der Waals surface area contributed by atoms with Crippen molar-refractivity contribution in [2.75, 3.05) is 0 Å². The molecule has 0 saturated heterocycles. The summed E-state index contributed by atoms with van der Waals surface area (Å²) in [4.78, 5) is 12.1. The molecule has 0 spiro atoms. The Morgan fingerprint density at radius 1 is 1.12 bits per heavy atom. The van der Waals surface area contributed by atoms with Crippen molar-refractivity contribution in [1.82, 2.24) is 9.88 Å². The molecule has 122 valence electrons. The average Bonchev–Trinajstić information content (AvgIpc) is 3.19. The van der Waals surface area contributed by atoms with Crippen LogP contribution in [0.15, 0.2) is 65.3 Å². The predicted molar refractivity (Wildman–Crippen MR) is 91.4 cm³/mol. The zero-order valence-corrected chi connectivity index (χ0v) is 13.0. The first-order valence-electron chi connectivity index (χ1n) is 7.53. The van der Waals surface area contributed by atoms with Crippen molar-refractivity contribution < 1.29 is 9.21 Å². The van der Waals surface area contributed by atoms with E-state index in [4.69, 9.17) is 15.6 Å². The van der Waals surface area contributed by atoms with Gasteiger partial charge in [0.15, 0.2) is 5.96 Å². The van der Waals surface area contributed by atoms with Crippen molar-refractivity contribution in [3.63, 3.8) is 0 Å². The van der Waals surface area contributed by atoms with Gasteiger partial charge in [0, 0.05) is 17.8 Å². The van der Waals surface area contributed by atoms with E-state index in [2.05, 4.69) is 5.32 Å². The molecule has 0 unspecified atom stereocenters. The Morgan fingerprint density at radius 3 is 2.58 bits per heavy atom. The number of benzene rings is 1. The molecule has 4 N–H and O–H groups in total. The van der Waals surface area contributed by atoms with Gasteiger partial charge in [-0.1, -0.05) is 30.3 Å². The molecule has 0 fully saturated rings. The molecule has 24 heavy (non-hydrogen) atoms. The highest BCUT2D eigenvalue weighted by Gasteiger charge is 2.14. The Bertz CT molecular complexity index is 835. The van der Waals surface area contributed by atoms with Crippen molar-refractivity contribution in [3.05, 3.63) is 72.3 Å². The van der Waals surface area contributed by atoms with Crippen LogP contribution in [-0.2, 0) is 17.8 Å². The lowest BCUT2D eigenvalue weighted by Crippen LogP contribution is -2.38. The van der Waals surface area contributed by atoms with E-state index in [0.29, 0.717) is 6.42 Å². The summed E-state index contributed by atoms with van der Waals surface area (Å²) in [6.45, 7) is 0.0762. The molecule has 1 aromatic carbocycles. The van der Waals surface area contributed by atoms with Crippen LogP contribution in [0.5, 0.6) is 0 Å². The second-order valence-corrected chi connectivity index (χ2v) is 5.38. The molecule has 2 heterocycles. The highest BCUT2D eigenvalue weighted by Crippen LogP contribution is 2.24. The van der Waals surface area contributed by atoms with Crippen LogP contribution < -0.4 is 11.1 Å². The van der Waals surface area contributed by atoms with Gasteiger partial charge in [-0.05, 0) is 29.8 Å². The molecule has 1 amide bonds. The number of nitrogens with one attached hydrogen (secondary N) is 2. The minimum absolute atomic E-state index is 0.0762. The number of hydrogen-bond acceptors (Lipinski definition) is 3. The maximum atomic E-state index is 12.1.